The van der Waals surface area contributed by atoms with Crippen LogP contribution in [0.3, 0.4) is 0 Å². The van der Waals surface area contributed by atoms with E-state index in [0.29, 0.717) is 28.5 Å². The van der Waals surface area contributed by atoms with Gasteiger partial charge >= 0.3 is 11.8 Å². The fraction of sp³-hybridized carbons (Fsp3) is 0.300. The number of ether oxygens (including phenoxy) is 1. The van der Waals surface area contributed by atoms with Crippen molar-refractivity contribution < 1.29 is 19.4 Å². The minimum atomic E-state index is -0.944. The van der Waals surface area contributed by atoms with E-state index in [9.17, 15) is 20.0 Å². The lowest BCUT2D eigenvalue weighted by atomic mass is 9.96. The quantitative estimate of drug-likeness (QED) is 0.396. The number of nitriles is 1. The summed E-state index contributed by atoms with van der Waals surface area (Å²) in [5.74, 6) is -1.54. The Morgan fingerprint density at radius 1 is 1.34 bits per heavy atom. The molecule has 3 rings (SSSR count). The number of nitrogens with zero attached hydrogens (tertiary/aromatic N) is 2. The standard InChI is InChI=1S/C20H20N4O4S/c1-2-28-16-9-12(7-8-15(16)25)11-22-24-19(27)18(26)23-20-14(10-21)13-5-3-4-6-17(13)29-20/h7-9,11,25H,2-6H2,1H3,(H,23,26)(H,24,27)/b22-11+. The Morgan fingerprint density at radius 2 is 2.14 bits per heavy atom. The number of nitrogens with one attached hydrogen (secondary N) is 2. The van der Waals surface area contributed by atoms with Crippen molar-refractivity contribution in [3.05, 3.63) is 39.8 Å². The Morgan fingerprint density at radius 3 is 2.90 bits per heavy atom. The van der Waals surface area contributed by atoms with Crippen molar-refractivity contribution in [2.24, 2.45) is 5.10 Å². The van der Waals surface area contributed by atoms with Crippen LogP contribution in [0.15, 0.2) is 23.3 Å². The van der Waals surface area contributed by atoms with Gasteiger partial charge in [0, 0.05) is 4.88 Å². The number of carbonyl (C=O) groups is 2. The van der Waals surface area contributed by atoms with Crippen molar-refractivity contribution in [3.63, 3.8) is 0 Å². The topological polar surface area (TPSA) is 124 Å². The highest BCUT2D eigenvalue weighted by atomic mass is 32.1. The van der Waals surface area contributed by atoms with Crippen molar-refractivity contribution >= 4 is 34.4 Å². The Hall–Kier alpha value is -3.38. The first-order chi connectivity index (χ1) is 14.0. The van der Waals surface area contributed by atoms with Crippen LogP contribution in [0.2, 0.25) is 0 Å². The molecule has 0 spiro atoms. The van der Waals surface area contributed by atoms with Gasteiger partial charge in [-0.25, -0.2) is 5.43 Å². The molecule has 1 aromatic heterocycles. The summed E-state index contributed by atoms with van der Waals surface area (Å²) >= 11 is 1.35. The molecule has 0 radical (unpaired) electrons. The van der Waals surface area contributed by atoms with Crippen LogP contribution in [-0.2, 0) is 22.4 Å². The van der Waals surface area contributed by atoms with E-state index in [4.69, 9.17) is 4.74 Å². The lowest BCUT2D eigenvalue weighted by Crippen LogP contribution is -2.32. The first-order valence-corrected chi connectivity index (χ1v) is 10.00. The van der Waals surface area contributed by atoms with Gasteiger partial charge in [0.2, 0.25) is 0 Å². The maximum atomic E-state index is 12.2. The molecule has 29 heavy (non-hydrogen) atoms. The molecular weight excluding hydrogens is 392 g/mol. The summed E-state index contributed by atoms with van der Waals surface area (Å²) in [6.45, 7) is 2.18. The number of carbonyl (C=O) groups excluding carboxylic acids is 2. The maximum Gasteiger partial charge on any atom is 0.329 e. The zero-order valence-electron chi connectivity index (χ0n) is 15.8. The maximum absolute atomic E-state index is 12.2. The molecule has 9 heteroatoms. The number of hydrazone groups is 1. The molecule has 3 N–H and O–H groups in total. The Kier molecular flexibility index (Phi) is 6.46. The molecule has 1 aliphatic rings. The van der Waals surface area contributed by atoms with Crippen LogP contribution < -0.4 is 15.5 Å². The van der Waals surface area contributed by atoms with E-state index in [1.165, 1.54) is 23.6 Å². The molecule has 0 fully saturated rings. The summed E-state index contributed by atoms with van der Waals surface area (Å²) in [6, 6.07) is 6.73. The van der Waals surface area contributed by atoms with Crippen LogP contribution in [0.25, 0.3) is 0 Å². The number of rotatable bonds is 5. The zero-order valence-corrected chi connectivity index (χ0v) is 16.6. The summed E-state index contributed by atoms with van der Waals surface area (Å²) in [7, 11) is 0. The summed E-state index contributed by atoms with van der Waals surface area (Å²) in [6.07, 6.45) is 5.11. The number of hydrogen-bond donors (Lipinski definition) is 3. The van der Waals surface area contributed by atoms with Crippen molar-refractivity contribution in [3.8, 4) is 17.6 Å². The molecule has 1 heterocycles. The number of aromatic hydroxyl groups is 1. The Labute approximate surface area is 171 Å². The second-order valence-corrected chi connectivity index (χ2v) is 7.45. The molecular formula is C20H20N4O4S. The smallest absolute Gasteiger partial charge is 0.329 e. The summed E-state index contributed by atoms with van der Waals surface area (Å²) in [5, 5.41) is 25.8. The van der Waals surface area contributed by atoms with Gasteiger partial charge in [-0.05, 0) is 61.9 Å². The number of benzene rings is 1. The van der Waals surface area contributed by atoms with Crippen LogP contribution in [0.5, 0.6) is 11.5 Å². The third kappa shape index (κ3) is 4.73. The van der Waals surface area contributed by atoms with Crippen LogP contribution in [0, 0.1) is 11.3 Å². The minimum absolute atomic E-state index is 0.000597. The highest BCUT2D eigenvalue weighted by Gasteiger charge is 2.23. The van der Waals surface area contributed by atoms with Gasteiger partial charge in [0.05, 0.1) is 18.4 Å². The minimum Gasteiger partial charge on any atom is -0.504 e. The Balaban J connectivity index is 1.62. The lowest BCUT2D eigenvalue weighted by Gasteiger charge is -2.09. The third-order valence-corrected chi connectivity index (χ3v) is 5.59. The predicted molar refractivity (Wildman–Crippen MR) is 109 cm³/mol. The molecule has 1 aromatic carbocycles. The zero-order chi connectivity index (χ0) is 20.8. The van der Waals surface area contributed by atoms with E-state index in [0.717, 1.165) is 36.1 Å². The first-order valence-electron chi connectivity index (χ1n) is 9.18. The molecule has 0 saturated carbocycles. The number of thiophene rings is 1. The van der Waals surface area contributed by atoms with E-state index in [2.05, 4.69) is 21.9 Å². The number of hydrogen-bond acceptors (Lipinski definition) is 7. The molecule has 0 saturated heterocycles. The van der Waals surface area contributed by atoms with Gasteiger partial charge in [-0.3, -0.25) is 9.59 Å². The molecule has 1 aliphatic carbocycles. The number of phenolic OH excluding ortho intramolecular Hbond substituents is 1. The average molecular weight is 412 g/mol. The number of amides is 2. The normalized spacial score (nSPS) is 12.8. The van der Waals surface area contributed by atoms with Crippen molar-refractivity contribution in [1.29, 1.82) is 5.26 Å². The highest BCUT2D eigenvalue weighted by molar-refractivity contribution is 7.16. The first kappa shape index (κ1) is 20.4. The molecule has 0 unspecified atom stereocenters. The fourth-order valence-electron chi connectivity index (χ4n) is 3.03. The van der Waals surface area contributed by atoms with Gasteiger partial charge in [-0.1, -0.05) is 0 Å². The van der Waals surface area contributed by atoms with Crippen LogP contribution in [0.4, 0.5) is 5.00 Å². The second-order valence-electron chi connectivity index (χ2n) is 6.34. The van der Waals surface area contributed by atoms with Crippen molar-refractivity contribution in [1.82, 2.24) is 5.43 Å². The van der Waals surface area contributed by atoms with Crippen LogP contribution >= 0.6 is 11.3 Å². The molecule has 150 valence electrons. The second kappa shape index (κ2) is 9.21. The summed E-state index contributed by atoms with van der Waals surface area (Å²) in [5.41, 5.74) is 4.15. The lowest BCUT2D eigenvalue weighted by molar-refractivity contribution is -0.136. The predicted octanol–water partition coefficient (Wildman–Crippen LogP) is 2.69. The van der Waals surface area contributed by atoms with Gasteiger partial charge < -0.3 is 15.2 Å². The monoisotopic (exact) mass is 412 g/mol. The summed E-state index contributed by atoms with van der Waals surface area (Å²) in [4.78, 5) is 25.3. The number of phenols is 1. The number of anilines is 1. The summed E-state index contributed by atoms with van der Waals surface area (Å²) < 4.78 is 5.28. The van der Waals surface area contributed by atoms with E-state index < -0.39 is 11.8 Å². The largest absolute Gasteiger partial charge is 0.504 e. The SMILES string of the molecule is CCOc1cc(/C=N/NC(=O)C(=O)Nc2sc3c(c2C#N)CCCC3)ccc1O. The molecule has 2 amide bonds. The van der Waals surface area contributed by atoms with Gasteiger partial charge in [-0.15, -0.1) is 11.3 Å². The van der Waals surface area contributed by atoms with Gasteiger partial charge in [-0.2, -0.15) is 10.4 Å². The third-order valence-electron chi connectivity index (χ3n) is 4.38. The van der Waals surface area contributed by atoms with Crippen LogP contribution in [0.1, 0.15) is 41.3 Å². The van der Waals surface area contributed by atoms with Crippen molar-refractivity contribution in [2.75, 3.05) is 11.9 Å². The van der Waals surface area contributed by atoms with E-state index in [1.807, 2.05) is 0 Å². The van der Waals surface area contributed by atoms with Gasteiger partial charge in [0.15, 0.2) is 11.5 Å². The van der Waals surface area contributed by atoms with E-state index >= 15 is 0 Å². The van der Waals surface area contributed by atoms with Crippen LogP contribution in [-0.4, -0.2) is 29.7 Å². The Bertz CT molecular complexity index is 1010. The number of fused-ring (bicyclic) bond motifs is 1. The fourth-order valence-corrected chi connectivity index (χ4v) is 4.27. The van der Waals surface area contributed by atoms with E-state index in [-0.39, 0.29) is 5.75 Å². The molecule has 0 atom stereocenters. The molecule has 0 bridgehead atoms. The molecule has 8 nitrogen and oxygen atoms in total. The molecule has 0 aliphatic heterocycles. The highest BCUT2D eigenvalue weighted by Crippen LogP contribution is 2.37. The van der Waals surface area contributed by atoms with Gasteiger partial charge in [0.1, 0.15) is 11.1 Å². The van der Waals surface area contributed by atoms with Gasteiger partial charge in [0.25, 0.3) is 0 Å². The molecule has 2 aromatic rings. The number of aryl methyl sites for hydroxylation is 1. The van der Waals surface area contributed by atoms with Crippen molar-refractivity contribution in [2.45, 2.75) is 32.6 Å². The average Bonchev–Trinajstić information content (AvgIpc) is 3.07. The van der Waals surface area contributed by atoms with E-state index in [1.54, 1.807) is 19.1 Å².